The second kappa shape index (κ2) is 20.9. The van der Waals surface area contributed by atoms with E-state index in [-0.39, 0.29) is 11.7 Å². The van der Waals surface area contributed by atoms with Gasteiger partial charge in [-0.05, 0) is 37.3 Å². The number of aromatic hydroxyl groups is 1. The van der Waals surface area contributed by atoms with Crippen LogP contribution >= 0.6 is 0 Å². The van der Waals surface area contributed by atoms with Gasteiger partial charge in [0, 0.05) is 6.07 Å². The molecular formula is C36H48O10. The first kappa shape index (κ1) is 40.0. The normalized spacial score (nSPS) is 23.9. The Morgan fingerprint density at radius 3 is 2.17 bits per heavy atom. The number of carboxylic acid groups (broad SMARTS) is 1. The van der Waals surface area contributed by atoms with E-state index >= 15 is 0 Å². The van der Waals surface area contributed by atoms with Gasteiger partial charge in [-0.15, -0.1) is 0 Å². The van der Waals surface area contributed by atoms with E-state index in [1.807, 2.05) is 37.3 Å². The zero-order valence-corrected chi connectivity index (χ0v) is 26.9. The molecule has 1 fully saturated rings. The number of aliphatic hydroxyl groups is 4. The molecule has 7 atom stereocenters. The van der Waals surface area contributed by atoms with Crippen LogP contribution in [0.15, 0.2) is 106 Å². The first-order chi connectivity index (χ1) is 21.8. The van der Waals surface area contributed by atoms with Crippen LogP contribution in [-0.2, 0) is 9.53 Å². The Morgan fingerprint density at radius 2 is 1.63 bits per heavy atom. The van der Waals surface area contributed by atoms with Crippen molar-refractivity contribution in [1.29, 1.82) is 0 Å². The highest BCUT2D eigenvalue weighted by Crippen LogP contribution is 2.35. The summed E-state index contributed by atoms with van der Waals surface area (Å²) in [5.74, 6) is -0.446. The van der Waals surface area contributed by atoms with E-state index in [9.17, 15) is 40.2 Å². The lowest BCUT2D eigenvalue weighted by molar-refractivity contribution is -0.232. The molecule has 252 valence electrons. The molecule has 46 heavy (non-hydrogen) atoms. The standard InChI is InChI=1S/C19H28O2.C17H20O8/c1-6-8-9-10-11-16(4)13-18(19(20)21)14-17(5)12-15(3)7-2;1-2-3-4-5-6-9-7-10(19)12(17(23)24-9)16-15(22)14(21)13(20)11(8-18)25-16/h6,8-11,13-15,17H,1,7,12H2,2-5H3,(H,20,21);2-7,11,13-16,18-22H,1,8H2/b9-8+,11-10+,16-13+,18-14-;4-3+,6-5+. The average Bonchev–Trinajstić information content (AvgIpc) is 3.01. The predicted molar refractivity (Wildman–Crippen MR) is 179 cm³/mol. The third-order valence-corrected chi connectivity index (χ3v) is 7.06. The maximum absolute atomic E-state index is 12.2. The van der Waals surface area contributed by atoms with Crippen LogP contribution in [0.2, 0.25) is 0 Å². The van der Waals surface area contributed by atoms with Gasteiger partial charge in [0.1, 0.15) is 47.6 Å². The lowest BCUT2D eigenvalue weighted by Gasteiger charge is -2.39. The fourth-order valence-corrected chi connectivity index (χ4v) is 4.49. The van der Waals surface area contributed by atoms with Crippen LogP contribution in [0, 0.1) is 11.8 Å². The number of carbonyl (C=O) groups is 1. The molecule has 0 amide bonds. The summed E-state index contributed by atoms with van der Waals surface area (Å²) in [5, 5.41) is 58.2. The van der Waals surface area contributed by atoms with Crippen LogP contribution in [0.1, 0.15) is 58.0 Å². The van der Waals surface area contributed by atoms with Crippen molar-refractivity contribution in [3.05, 3.63) is 119 Å². The maximum atomic E-state index is 12.2. The Morgan fingerprint density at radius 1 is 1.00 bits per heavy atom. The van der Waals surface area contributed by atoms with Gasteiger partial charge in [-0.3, -0.25) is 0 Å². The highest BCUT2D eigenvalue weighted by Gasteiger charge is 2.46. The van der Waals surface area contributed by atoms with Gasteiger partial charge in [-0.1, -0.05) is 107 Å². The molecule has 2 rings (SSSR count). The molecule has 1 aromatic heterocycles. The second-order valence-corrected chi connectivity index (χ2v) is 11.0. The van der Waals surface area contributed by atoms with Gasteiger partial charge in [0.15, 0.2) is 0 Å². The topological polar surface area (TPSA) is 178 Å². The highest BCUT2D eigenvalue weighted by atomic mass is 16.5. The van der Waals surface area contributed by atoms with E-state index < -0.39 is 60.0 Å². The monoisotopic (exact) mass is 640 g/mol. The molecule has 1 aromatic rings. The number of hydrogen-bond donors (Lipinski definition) is 6. The van der Waals surface area contributed by atoms with Gasteiger partial charge in [0.25, 0.3) is 0 Å². The highest BCUT2D eigenvalue weighted by molar-refractivity contribution is 5.90. The number of aliphatic hydroxyl groups excluding tert-OH is 4. The Hall–Kier alpha value is -4.06. The number of hydrogen-bond acceptors (Lipinski definition) is 9. The van der Waals surface area contributed by atoms with Gasteiger partial charge >= 0.3 is 11.6 Å². The minimum Gasteiger partial charge on any atom is -0.507 e. The molecular weight excluding hydrogens is 592 g/mol. The Kier molecular flexibility index (Phi) is 18.1. The van der Waals surface area contributed by atoms with Crippen molar-refractivity contribution in [2.24, 2.45) is 11.8 Å². The van der Waals surface area contributed by atoms with E-state index in [1.54, 1.807) is 36.5 Å². The number of allylic oxidation sites excluding steroid dienone is 11. The van der Waals surface area contributed by atoms with Crippen LogP contribution in [0.25, 0.3) is 6.08 Å². The molecule has 10 nitrogen and oxygen atoms in total. The fourth-order valence-electron chi connectivity index (χ4n) is 4.49. The number of rotatable bonds is 14. The fraction of sp³-hybridized carbons (Fsp3) is 0.389. The molecule has 1 aliphatic rings. The number of ether oxygens (including phenoxy) is 1. The Bertz CT molecular complexity index is 1380. The Balaban J connectivity index is 0.000000469. The van der Waals surface area contributed by atoms with E-state index in [1.165, 1.54) is 6.08 Å². The van der Waals surface area contributed by atoms with E-state index in [2.05, 4.69) is 33.9 Å². The first-order valence-corrected chi connectivity index (χ1v) is 15.0. The maximum Gasteiger partial charge on any atom is 0.345 e. The smallest absolute Gasteiger partial charge is 0.345 e. The summed E-state index contributed by atoms with van der Waals surface area (Å²) in [5.41, 5.74) is -0.110. The summed E-state index contributed by atoms with van der Waals surface area (Å²) in [4.78, 5) is 23.5. The predicted octanol–water partition coefficient (Wildman–Crippen LogP) is 4.93. The average molecular weight is 641 g/mol. The van der Waals surface area contributed by atoms with E-state index in [4.69, 9.17) is 9.15 Å². The largest absolute Gasteiger partial charge is 0.507 e. The van der Waals surface area contributed by atoms with Crippen molar-refractivity contribution >= 4 is 12.0 Å². The molecule has 0 aromatic carbocycles. The second-order valence-electron chi connectivity index (χ2n) is 11.0. The lowest BCUT2D eigenvalue weighted by atomic mass is 9.91. The van der Waals surface area contributed by atoms with Gasteiger partial charge in [-0.2, -0.15) is 0 Å². The summed E-state index contributed by atoms with van der Waals surface area (Å²) in [6.45, 7) is 14.8. The zero-order chi connectivity index (χ0) is 34.8. The minimum atomic E-state index is -1.69. The van der Waals surface area contributed by atoms with Crippen molar-refractivity contribution in [2.75, 3.05) is 6.61 Å². The molecule has 0 spiro atoms. The molecule has 0 bridgehead atoms. The SMILES string of the molecule is C=C/C=C/C=C/C(C)=C/C(=C/C(C)CC(C)CC)C(=O)O.C=C/C=C/C=C/c1cc(O)c(C2OC(CO)C(O)C(O)C2O)c(=O)o1. The van der Waals surface area contributed by atoms with Crippen LogP contribution < -0.4 is 5.63 Å². The van der Waals surface area contributed by atoms with Gasteiger partial charge in [-0.25, -0.2) is 9.59 Å². The summed E-state index contributed by atoms with van der Waals surface area (Å²) in [7, 11) is 0. The Labute approximate surface area is 270 Å². The van der Waals surface area contributed by atoms with Crippen LogP contribution in [-0.4, -0.2) is 67.6 Å². The quantitative estimate of drug-likeness (QED) is 0.121. The molecule has 1 saturated heterocycles. The van der Waals surface area contributed by atoms with E-state index in [0.29, 0.717) is 11.5 Å². The summed E-state index contributed by atoms with van der Waals surface area (Å²) >= 11 is 0. The molecule has 1 aliphatic heterocycles. The van der Waals surface area contributed by atoms with Crippen molar-refractivity contribution < 1.29 is 44.6 Å². The molecule has 10 heteroatoms. The summed E-state index contributed by atoms with van der Waals surface area (Å²) < 4.78 is 10.3. The van der Waals surface area contributed by atoms with Crippen molar-refractivity contribution in [1.82, 2.24) is 0 Å². The van der Waals surface area contributed by atoms with Gasteiger partial charge in [0.2, 0.25) is 0 Å². The molecule has 6 N–H and O–H groups in total. The van der Waals surface area contributed by atoms with Crippen molar-refractivity contribution in [3.8, 4) is 5.75 Å². The lowest BCUT2D eigenvalue weighted by Crippen LogP contribution is -2.55. The first-order valence-electron chi connectivity index (χ1n) is 15.0. The molecule has 0 radical (unpaired) electrons. The van der Waals surface area contributed by atoms with Crippen LogP contribution in [0.5, 0.6) is 5.75 Å². The summed E-state index contributed by atoms with van der Waals surface area (Å²) in [6.07, 6.45) is 15.1. The molecule has 2 heterocycles. The van der Waals surface area contributed by atoms with Gasteiger partial charge < -0.3 is 39.8 Å². The number of aliphatic carboxylic acids is 1. The van der Waals surface area contributed by atoms with Crippen LogP contribution in [0.4, 0.5) is 0 Å². The minimum absolute atomic E-state index is 0.0598. The number of carboxylic acids is 1. The van der Waals surface area contributed by atoms with Gasteiger partial charge in [0.05, 0.1) is 12.2 Å². The van der Waals surface area contributed by atoms with Crippen molar-refractivity contribution in [2.45, 2.75) is 71.1 Å². The third kappa shape index (κ3) is 13.1. The zero-order valence-electron chi connectivity index (χ0n) is 26.9. The third-order valence-electron chi connectivity index (χ3n) is 7.06. The van der Waals surface area contributed by atoms with Crippen molar-refractivity contribution in [3.63, 3.8) is 0 Å². The molecule has 0 aliphatic carbocycles. The molecule has 7 unspecified atom stereocenters. The van der Waals surface area contributed by atoms with E-state index in [0.717, 1.165) is 24.5 Å². The summed E-state index contributed by atoms with van der Waals surface area (Å²) in [6, 6.07) is 1.15. The van der Waals surface area contributed by atoms with Crippen LogP contribution in [0.3, 0.4) is 0 Å². The molecule has 0 saturated carbocycles.